The van der Waals surface area contributed by atoms with E-state index >= 15 is 0 Å². The summed E-state index contributed by atoms with van der Waals surface area (Å²) in [6.07, 6.45) is 5.49. The van der Waals surface area contributed by atoms with Crippen LogP contribution in [0.1, 0.15) is 47.0 Å². The molecule has 0 saturated heterocycles. The largest absolute Gasteiger partial charge is 0.237 e. The Hall–Kier alpha value is -1.24. The number of nitrogens with zero attached hydrogens (tertiary/aromatic N) is 2. The molecule has 0 amide bonds. The van der Waals surface area contributed by atoms with Crippen LogP contribution in [-0.4, -0.2) is 17.8 Å². The highest BCUT2D eigenvalue weighted by atomic mass is 16.1. The first-order valence-electron chi connectivity index (χ1n) is 5.07. The van der Waals surface area contributed by atoms with Crippen molar-refractivity contribution in [3.63, 3.8) is 0 Å². The third kappa shape index (κ3) is 5.26. The van der Waals surface area contributed by atoms with Crippen LogP contribution >= 0.6 is 0 Å². The van der Waals surface area contributed by atoms with Crippen molar-refractivity contribution in [1.29, 1.82) is 0 Å². The summed E-state index contributed by atoms with van der Waals surface area (Å²) in [5, 5.41) is 0. The molecule has 0 aliphatic rings. The molecule has 0 atom stereocenters. The summed E-state index contributed by atoms with van der Waals surface area (Å²) in [4.78, 5) is 27.7. The number of rotatable bonds is 6. The minimum absolute atomic E-state index is 0.00972. The Balaban J connectivity index is 4.82. The molecular weight excluding hydrogens is 192 g/mol. The van der Waals surface area contributed by atoms with E-state index in [-0.39, 0.29) is 5.41 Å². The van der Waals surface area contributed by atoms with Crippen molar-refractivity contribution in [1.82, 2.24) is 0 Å². The second-order valence-corrected chi connectivity index (χ2v) is 4.71. The topological polar surface area (TPSA) is 58.9 Å². The van der Waals surface area contributed by atoms with Gasteiger partial charge in [-0.2, -0.15) is 9.98 Å². The molecule has 0 aromatic heterocycles. The zero-order valence-corrected chi connectivity index (χ0v) is 9.83. The lowest BCUT2D eigenvalue weighted by atomic mass is 9.80. The fourth-order valence-corrected chi connectivity index (χ4v) is 1.97. The van der Waals surface area contributed by atoms with Crippen molar-refractivity contribution in [2.24, 2.45) is 15.4 Å². The van der Waals surface area contributed by atoms with Gasteiger partial charge in [0.1, 0.15) is 0 Å². The van der Waals surface area contributed by atoms with Crippen LogP contribution in [0.3, 0.4) is 0 Å². The summed E-state index contributed by atoms with van der Waals surface area (Å²) < 4.78 is 0. The number of hydrogen-bond acceptors (Lipinski definition) is 4. The van der Waals surface area contributed by atoms with Crippen molar-refractivity contribution < 1.29 is 9.59 Å². The van der Waals surface area contributed by atoms with Gasteiger partial charge in [0.2, 0.25) is 12.2 Å². The summed E-state index contributed by atoms with van der Waals surface area (Å²) >= 11 is 0. The van der Waals surface area contributed by atoms with E-state index in [0.29, 0.717) is 6.42 Å². The van der Waals surface area contributed by atoms with Crippen LogP contribution in [0.25, 0.3) is 0 Å². The summed E-state index contributed by atoms with van der Waals surface area (Å²) in [5.74, 6) is 0. The van der Waals surface area contributed by atoms with E-state index < -0.39 is 5.66 Å². The molecule has 0 rings (SSSR count). The van der Waals surface area contributed by atoms with E-state index in [1.165, 1.54) is 12.2 Å². The zero-order chi connectivity index (χ0) is 11.9. The highest BCUT2D eigenvalue weighted by Gasteiger charge is 2.31. The fraction of sp³-hybridized carbons (Fsp3) is 0.818. The van der Waals surface area contributed by atoms with Crippen molar-refractivity contribution in [3.05, 3.63) is 0 Å². The predicted octanol–water partition coefficient (Wildman–Crippen LogP) is 2.59. The first kappa shape index (κ1) is 13.8. The van der Waals surface area contributed by atoms with Gasteiger partial charge < -0.3 is 0 Å². The minimum atomic E-state index is -1.01. The van der Waals surface area contributed by atoms with Crippen molar-refractivity contribution in [2.75, 3.05) is 0 Å². The van der Waals surface area contributed by atoms with E-state index in [0.717, 1.165) is 12.8 Å². The molecule has 0 aromatic rings. The Bertz CT molecular complexity index is 280. The number of carbonyl (C=O) groups excluding carboxylic acids is 2. The van der Waals surface area contributed by atoms with Gasteiger partial charge >= 0.3 is 0 Å². The van der Waals surface area contributed by atoms with E-state index in [9.17, 15) is 9.59 Å². The lowest BCUT2D eigenvalue weighted by molar-refractivity contribution is 0.234. The zero-order valence-electron chi connectivity index (χ0n) is 9.83. The molecule has 0 unspecified atom stereocenters. The van der Waals surface area contributed by atoms with Gasteiger partial charge in [-0.15, -0.1) is 0 Å². The summed E-state index contributed by atoms with van der Waals surface area (Å²) in [6.45, 7) is 7.86. The predicted molar refractivity (Wildman–Crippen MR) is 58.0 cm³/mol. The summed E-state index contributed by atoms with van der Waals surface area (Å²) in [7, 11) is 0. The number of aliphatic imine (C=N–C) groups is 2. The van der Waals surface area contributed by atoms with Crippen LogP contribution in [0.5, 0.6) is 0 Å². The Morgan fingerprint density at radius 2 is 1.53 bits per heavy atom. The van der Waals surface area contributed by atoms with Gasteiger partial charge in [0.05, 0.1) is 0 Å². The molecule has 0 N–H and O–H groups in total. The quantitative estimate of drug-likeness (QED) is 0.499. The van der Waals surface area contributed by atoms with Gasteiger partial charge in [-0.1, -0.05) is 27.2 Å². The Morgan fingerprint density at radius 3 is 1.87 bits per heavy atom. The van der Waals surface area contributed by atoms with Crippen LogP contribution in [0, 0.1) is 5.41 Å². The van der Waals surface area contributed by atoms with Gasteiger partial charge in [-0.05, 0) is 25.2 Å². The SMILES string of the molecule is CCCC(C)(C)CC(C)(N=C=O)N=C=O. The van der Waals surface area contributed by atoms with Gasteiger partial charge in [0.25, 0.3) is 0 Å². The Morgan fingerprint density at radius 1 is 1.07 bits per heavy atom. The van der Waals surface area contributed by atoms with E-state index in [2.05, 4.69) is 30.8 Å². The molecule has 0 heterocycles. The standard InChI is InChI=1S/C11H18N2O2/c1-5-6-10(2,3)7-11(4,12-8-14)13-9-15/h5-7H2,1-4H3. The molecule has 0 aliphatic heterocycles. The molecule has 0 spiro atoms. The second kappa shape index (κ2) is 5.59. The maximum atomic E-state index is 10.3. The fourth-order valence-electron chi connectivity index (χ4n) is 1.97. The summed E-state index contributed by atoms with van der Waals surface area (Å²) in [5.41, 5.74) is -1.02. The average Bonchev–Trinajstić information content (AvgIpc) is 2.02. The average molecular weight is 210 g/mol. The minimum Gasteiger partial charge on any atom is -0.211 e. The van der Waals surface area contributed by atoms with Gasteiger partial charge in [0, 0.05) is 0 Å². The molecule has 4 nitrogen and oxygen atoms in total. The molecular formula is C11H18N2O2. The van der Waals surface area contributed by atoms with Crippen LogP contribution in [0.2, 0.25) is 0 Å². The smallest absolute Gasteiger partial charge is 0.211 e. The number of hydrogen-bond donors (Lipinski definition) is 0. The molecule has 0 radical (unpaired) electrons. The first-order valence-corrected chi connectivity index (χ1v) is 5.07. The maximum Gasteiger partial charge on any atom is 0.237 e. The maximum absolute atomic E-state index is 10.3. The Kier molecular flexibility index (Phi) is 5.13. The van der Waals surface area contributed by atoms with Crippen LogP contribution in [0.4, 0.5) is 0 Å². The highest BCUT2D eigenvalue weighted by molar-refractivity contribution is 5.38. The lowest BCUT2D eigenvalue weighted by Crippen LogP contribution is -2.28. The molecule has 0 aromatic carbocycles. The van der Waals surface area contributed by atoms with Crippen molar-refractivity contribution in [3.8, 4) is 0 Å². The normalized spacial score (nSPS) is 14.7. The van der Waals surface area contributed by atoms with Crippen molar-refractivity contribution >= 4 is 12.2 Å². The monoisotopic (exact) mass is 210 g/mol. The van der Waals surface area contributed by atoms with Crippen molar-refractivity contribution in [2.45, 2.75) is 52.6 Å². The molecule has 4 heteroatoms. The molecule has 84 valence electrons. The highest BCUT2D eigenvalue weighted by Crippen LogP contribution is 2.34. The van der Waals surface area contributed by atoms with Gasteiger partial charge in [0.15, 0.2) is 5.66 Å². The van der Waals surface area contributed by atoms with E-state index in [1.54, 1.807) is 6.92 Å². The van der Waals surface area contributed by atoms with Gasteiger partial charge in [-0.25, -0.2) is 9.59 Å². The molecule has 0 bridgehead atoms. The third-order valence-corrected chi connectivity index (χ3v) is 2.31. The van der Waals surface area contributed by atoms with Crippen LogP contribution in [-0.2, 0) is 9.59 Å². The van der Waals surface area contributed by atoms with Crippen LogP contribution < -0.4 is 0 Å². The molecule has 0 saturated carbocycles. The molecule has 0 aliphatic carbocycles. The van der Waals surface area contributed by atoms with E-state index in [4.69, 9.17) is 0 Å². The van der Waals surface area contributed by atoms with E-state index in [1.807, 2.05) is 0 Å². The number of isocyanates is 2. The summed E-state index contributed by atoms with van der Waals surface area (Å²) in [6, 6.07) is 0. The molecule has 15 heavy (non-hydrogen) atoms. The lowest BCUT2D eigenvalue weighted by Gasteiger charge is -2.30. The van der Waals surface area contributed by atoms with Crippen LogP contribution in [0.15, 0.2) is 9.98 Å². The Labute approximate surface area is 90.5 Å². The second-order valence-electron chi connectivity index (χ2n) is 4.71. The van der Waals surface area contributed by atoms with Gasteiger partial charge in [-0.3, -0.25) is 0 Å². The third-order valence-electron chi connectivity index (χ3n) is 2.31. The molecule has 0 fully saturated rings. The first-order chi connectivity index (χ1) is 6.89.